The van der Waals surface area contributed by atoms with Crippen LogP contribution in [0.1, 0.15) is 30.4 Å². The second kappa shape index (κ2) is 5.83. The van der Waals surface area contributed by atoms with Crippen molar-refractivity contribution in [2.75, 3.05) is 11.9 Å². The molecule has 1 unspecified atom stereocenters. The van der Waals surface area contributed by atoms with Crippen LogP contribution >= 0.6 is 0 Å². The van der Waals surface area contributed by atoms with Crippen LogP contribution in [0.15, 0.2) is 18.2 Å². The Labute approximate surface area is 115 Å². The summed E-state index contributed by atoms with van der Waals surface area (Å²) in [6, 6.07) is 3.97. The Hall–Kier alpha value is -1.56. The van der Waals surface area contributed by atoms with Crippen LogP contribution in [0.2, 0.25) is 0 Å². The first kappa shape index (κ1) is 14.8. The molecule has 2 rings (SSSR count). The van der Waals surface area contributed by atoms with Gasteiger partial charge in [-0.3, -0.25) is 4.79 Å². The van der Waals surface area contributed by atoms with E-state index in [1.807, 2.05) is 0 Å². The Morgan fingerprint density at radius 3 is 2.80 bits per heavy atom. The van der Waals surface area contributed by atoms with E-state index in [2.05, 4.69) is 10.6 Å². The molecule has 1 atom stereocenters. The number of hydrogen-bond donors (Lipinski definition) is 2. The van der Waals surface area contributed by atoms with Crippen LogP contribution < -0.4 is 10.6 Å². The van der Waals surface area contributed by atoms with E-state index in [1.54, 1.807) is 0 Å². The molecule has 1 aliphatic heterocycles. The van der Waals surface area contributed by atoms with Crippen LogP contribution in [-0.2, 0) is 11.0 Å². The van der Waals surface area contributed by atoms with E-state index in [-0.39, 0.29) is 29.6 Å². The molecule has 1 aliphatic rings. The maximum absolute atomic E-state index is 12.8. The van der Waals surface area contributed by atoms with Gasteiger partial charge in [0.2, 0.25) is 5.91 Å². The molecule has 0 saturated carbocycles. The van der Waals surface area contributed by atoms with Gasteiger partial charge in [0.15, 0.2) is 0 Å². The molecular weight excluding hydrogens is 269 g/mol. The zero-order valence-corrected chi connectivity index (χ0v) is 11.2. The summed E-state index contributed by atoms with van der Waals surface area (Å²) in [4.78, 5) is 11.8. The lowest BCUT2D eigenvalue weighted by Gasteiger charge is -2.14. The summed E-state index contributed by atoms with van der Waals surface area (Å²) in [6.45, 7) is 2.29. The van der Waals surface area contributed by atoms with E-state index in [0.717, 1.165) is 25.5 Å². The first-order chi connectivity index (χ1) is 9.36. The van der Waals surface area contributed by atoms with Gasteiger partial charge in [-0.2, -0.15) is 13.2 Å². The second-order valence-electron chi connectivity index (χ2n) is 5.07. The largest absolute Gasteiger partial charge is 0.416 e. The lowest BCUT2D eigenvalue weighted by Crippen LogP contribution is -2.27. The van der Waals surface area contributed by atoms with Crippen molar-refractivity contribution < 1.29 is 18.0 Å². The minimum Gasteiger partial charge on any atom is -0.326 e. The quantitative estimate of drug-likeness (QED) is 0.896. The Morgan fingerprint density at radius 1 is 1.45 bits per heavy atom. The van der Waals surface area contributed by atoms with Gasteiger partial charge in [-0.25, -0.2) is 0 Å². The van der Waals surface area contributed by atoms with Gasteiger partial charge in [0.1, 0.15) is 0 Å². The van der Waals surface area contributed by atoms with Crippen molar-refractivity contribution in [3.05, 3.63) is 29.3 Å². The number of carbonyl (C=O) groups excluding carboxylic acids is 1. The standard InChI is InChI=1S/C14H17F3N2O/c1-9-4-5-11(7-12(9)14(15,16)17)19-13(20)8-10-3-2-6-18-10/h4-5,7,10,18H,2-3,6,8H2,1H3,(H,19,20). The van der Waals surface area contributed by atoms with E-state index in [1.165, 1.54) is 19.1 Å². The normalized spacial score (nSPS) is 19.1. The summed E-state index contributed by atoms with van der Waals surface area (Å²) in [7, 11) is 0. The molecule has 3 nitrogen and oxygen atoms in total. The number of rotatable bonds is 3. The van der Waals surface area contributed by atoms with Gasteiger partial charge in [0.05, 0.1) is 5.56 Å². The molecule has 2 N–H and O–H groups in total. The lowest BCUT2D eigenvalue weighted by molar-refractivity contribution is -0.138. The molecule has 1 aromatic carbocycles. The van der Waals surface area contributed by atoms with Crippen molar-refractivity contribution in [1.29, 1.82) is 0 Å². The van der Waals surface area contributed by atoms with Crippen LogP contribution in [0.3, 0.4) is 0 Å². The number of hydrogen-bond acceptors (Lipinski definition) is 2. The van der Waals surface area contributed by atoms with E-state index in [0.29, 0.717) is 0 Å². The van der Waals surface area contributed by atoms with E-state index in [4.69, 9.17) is 0 Å². The van der Waals surface area contributed by atoms with Gasteiger partial charge in [-0.15, -0.1) is 0 Å². The average Bonchev–Trinajstić information content (AvgIpc) is 2.83. The highest BCUT2D eigenvalue weighted by molar-refractivity contribution is 5.91. The molecule has 110 valence electrons. The highest BCUT2D eigenvalue weighted by Gasteiger charge is 2.32. The number of carbonyl (C=O) groups is 1. The predicted octanol–water partition coefficient (Wildman–Crippen LogP) is 3.09. The maximum atomic E-state index is 12.8. The molecule has 0 radical (unpaired) electrons. The average molecular weight is 286 g/mol. The third kappa shape index (κ3) is 3.72. The van der Waals surface area contributed by atoms with Gasteiger partial charge in [0.25, 0.3) is 0 Å². The number of benzene rings is 1. The van der Waals surface area contributed by atoms with Gasteiger partial charge >= 0.3 is 6.18 Å². The molecule has 1 aromatic rings. The summed E-state index contributed by atoms with van der Waals surface area (Å²) >= 11 is 0. The van der Waals surface area contributed by atoms with Crippen LogP contribution in [0.4, 0.5) is 18.9 Å². The van der Waals surface area contributed by atoms with Crippen molar-refractivity contribution >= 4 is 11.6 Å². The predicted molar refractivity (Wildman–Crippen MR) is 70.5 cm³/mol. The van der Waals surface area contributed by atoms with Crippen LogP contribution in [0.25, 0.3) is 0 Å². The SMILES string of the molecule is Cc1ccc(NC(=O)CC2CCCN2)cc1C(F)(F)F. The number of amides is 1. The fourth-order valence-corrected chi connectivity index (χ4v) is 2.37. The van der Waals surface area contributed by atoms with Gasteiger partial charge in [-0.05, 0) is 44.0 Å². The maximum Gasteiger partial charge on any atom is 0.416 e. The third-order valence-corrected chi connectivity index (χ3v) is 3.42. The molecule has 0 aromatic heterocycles. The van der Waals surface area contributed by atoms with Gasteiger partial charge in [-0.1, -0.05) is 6.07 Å². The van der Waals surface area contributed by atoms with E-state index in [9.17, 15) is 18.0 Å². The van der Waals surface area contributed by atoms with Gasteiger partial charge in [0, 0.05) is 18.2 Å². The van der Waals surface area contributed by atoms with E-state index < -0.39 is 11.7 Å². The molecule has 0 spiro atoms. The van der Waals surface area contributed by atoms with Crippen LogP contribution in [0.5, 0.6) is 0 Å². The number of aryl methyl sites for hydroxylation is 1. The van der Waals surface area contributed by atoms with Crippen LogP contribution in [-0.4, -0.2) is 18.5 Å². The monoisotopic (exact) mass is 286 g/mol. The summed E-state index contributed by atoms with van der Waals surface area (Å²) in [5, 5.41) is 5.71. The third-order valence-electron chi connectivity index (χ3n) is 3.42. The van der Waals surface area contributed by atoms with Crippen molar-refractivity contribution in [2.45, 2.75) is 38.4 Å². The first-order valence-electron chi connectivity index (χ1n) is 6.57. The molecule has 20 heavy (non-hydrogen) atoms. The minimum absolute atomic E-state index is 0.127. The Kier molecular flexibility index (Phi) is 4.32. The van der Waals surface area contributed by atoms with Crippen LogP contribution in [0, 0.1) is 6.92 Å². The first-order valence-corrected chi connectivity index (χ1v) is 6.57. The number of nitrogens with one attached hydrogen (secondary N) is 2. The summed E-state index contributed by atoms with van der Waals surface area (Å²) in [5.74, 6) is -0.263. The highest BCUT2D eigenvalue weighted by atomic mass is 19.4. The fourth-order valence-electron chi connectivity index (χ4n) is 2.37. The fraction of sp³-hybridized carbons (Fsp3) is 0.500. The van der Waals surface area contributed by atoms with Crippen molar-refractivity contribution in [2.24, 2.45) is 0 Å². The summed E-state index contributed by atoms with van der Waals surface area (Å²) in [6.07, 6.45) is -2.16. The molecule has 1 fully saturated rings. The van der Waals surface area contributed by atoms with Crippen molar-refractivity contribution in [3.63, 3.8) is 0 Å². The van der Waals surface area contributed by atoms with E-state index >= 15 is 0 Å². The Bertz CT molecular complexity index is 494. The molecule has 1 amide bonds. The van der Waals surface area contributed by atoms with Crippen molar-refractivity contribution in [1.82, 2.24) is 5.32 Å². The second-order valence-corrected chi connectivity index (χ2v) is 5.07. The Balaban J connectivity index is 2.04. The minimum atomic E-state index is -4.40. The molecule has 0 aliphatic carbocycles. The Morgan fingerprint density at radius 2 is 2.20 bits per heavy atom. The molecular formula is C14H17F3N2O. The molecule has 1 heterocycles. The molecule has 0 bridgehead atoms. The van der Waals surface area contributed by atoms with Crippen molar-refractivity contribution in [3.8, 4) is 0 Å². The molecule has 6 heteroatoms. The number of halogens is 3. The number of anilines is 1. The summed E-state index contributed by atoms with van der Waals surface area (Å²) in [5.41, 5.74) is -0.381. The zero-order chi connectivity index (χ0) is 14.8. The zero-order valence-electron chi connectivity index (χ0n) is 11.2. The van der Waals surface area contributed by atoms with Gasteiger partial charge < -0.3 is 10.6 Å². The summed E-state index contributed by atoms with van der Waals surface area (Å²) < 4.78 is 38.3. The molecule has 1 saturated heterocycles. The lowest BCUT2D eigenvalue weighted by atomic mass is 10.1. The number of alkyl halides is 3. The smallest absolute Gasteiger partial charge is 0.326 e. The highest BCUT2D eigenvalue weighted by Crippen LogP contribution is 2.33. The topological polar surface area (TPSA) is 41.1 Å².